The second kappa shape index (κ2) is 11.7. The molecule has 3 heteroatoms. The fraction of sp³-hybridized carbons (Fsp3) is 0.195. The lowest BCUT2D eigenvalue weighted by atomic mass is 9.79. The minimum Gasteiger partial charge on any atom is -0.261 e. The van der Waals surface area contributed by atoms with Crippen LogP contribution in [0, 0.1) is 0 Å². The summed E-state index contributed by atoms with van der Waals surface area (Å²) in [5.74, 6) is 0. The molecule has 0 radical (unpaired) electrons. The van der Waals surface area contributed by atoms with Gasteiger partial charge in [0.2, 0.25) is 0 Å². The van der Waals surface area contributed by atoms with Gasteiger partial charge in [-0.1, -0.05) is 126 Å². The van der Waals surface area contributed by atoms with E-state index in [0.717, 1.165) is 44.9 Å². The van der Waals surface area contributed by atoms with Crippen molar-refractivity contribution < 1.29 is 0 Å². The van der Waals surface area contributed by atoms with Crippen LogP contribution in [0.1, 0.15) is 52.7 Å². The fourth-order valence-corrected chi connectivity index (χ4v) is 5.43. The minimum absolute atomic E-state index is 0.0496. The summed E-state index contributed by atoms with van der Waals surface area (Å²) in [4.78, 5) is 14.0. The molecule has 0 amide bonds. The van der Waals surface area contributed by atoms with Crippen molar-refractivity contribution in [3.8, 4) is 56.0 Å². The maximum Gasteiger partial charge on any atom is 0.0885 e. The molecule has 0 fully saturated rings. The standard InChI is InChI=1S/C41H39N3/c1-40(2,3)35-22-33(23-36(26-35)41(4,5)6)29-14-10-15-30(20-29)37-24-34(28-12-8-7-9-13-28)25-38(44-37)31-16-11-17-32(21-31)39-27-42-18-19-43-39/h7-27H,1-6H3. The van der Waals surface area contributed by atoms with E-state index in [9.17, 15) is 0 Å². The molecule has 0 atom stereocenters. The summed E-state index contributed by atoms with van der Waals surface area (Å²) in [6.07, 6.45) is 5.22. The van der Waals surface area contributed by atoms with Crippen molar-refractivity contribution in [2.24, 2.45) is 0 Å². The summed E-state index contributed by atoms with van der Waals surface area (Å²) >= 11 is 0. The molecule has 0 aliphatic rings. The van der Waals surface area contributed by atoms with Crippen LogP contribution < -0.4 is 0 Å². The Hall–Kier alpha value is -4.89. The number of benzene rings is 4. The molecule has 0 aliphatic carbocycles. The highest BCUT2D eigenvalue weighted by atomic mass is 14.8. The third-order valence-corrected chi connectivity index (χ3v) is 8.11. The number of hydrogen-bond acceptors (Lipinski definition) is 3. The highest BCUT2D eigenvalue weighted by Crippen LogP contribution is 2.36. The van der Waals surface area contributed by atoms with Gasteiger partial charge in [0.1, 0.15) is 0 Å². The molecule has 218 valence electrons. The van der Waals surface area contributed by atoms with Crippen LogP contribution in [-0.2, 0) is 10.8 Å². The predicted molar refractivity (Wildman–Crippen MR) is 184 cm³/mol. The third kappa shape index (κ3) is 6.38. The van der Waals surface area contributed by atoms with E-state index in [0.29, 0.717) is 0 Å². The zero-order valence-electron chi connectivity index (χ0n) is 26.5. The van der Waals surface area contributed by atoms with Crippen molar-refractivity contribution >= 4 is 0 Å². The van der Waals surface area contributed by atoms with Crippen LogP contribution in [0.5, 0.6) is 0 Å². The monoisotopic (exact) mass is 573 g/mol. The quantitative estimate of drug-likeness (QED) is 0.206. The van der Waals surface area contributed by atoms with Gasteiger partial charge in [-0.2, -0.15) is 0 Å². The van der Waals surface area contributed by atoms with Gasteiger partial charge in [0.15, 0.2) is 0 Å². The SMILES string of the molecule is CC(C)(C)c1cc(-c2cccc(-c3cc(-c4ccccc4)cc(-c4cccc(-c5cnccn5)c4)n3)c2)cc(C(C)(C)C)c1. The molecule has 0 N–H and O–H groups in total. The van der Waals surface area contributed by atoms with Crippen molar-refractivity contribution in [3.63, 3.8) is 0 Å². The normalized spacial score (nSPS) is 11.9. The minimum atomic E-state index is 0.0496. The van der Waals surface area contributed by atoms with Crippen molar-refractivity contribution in [3.05, 3.63) is 139 Å². The molecular formula is C41H39N3. The van der Waals surface area contributed by atoms with Crippen LogP contribution in [0.15, 0.2) is 128 Å². The molecule has 6 aromatic rings. The van der Waals surface area contributed by atoms with Gasteiger partial charge in [-0.25, -0.2) is 4.98 Å². The maximum atomic E-state index is 5.25. The first-order valence-electron chi connectivity index (χ1n) is 15.3. The number of hydrogen-bond donors (Lipinski definition) is 0. The molecule has 0 unspecified atom stereocenters. The summed E-state index contributed by atoms with van der Waals surface area (Å²) in [5, 5.41) is 0. The van der Waals surface area contributed by atoms with E-state index in [1.54, 1.807) is 18.6 Å². The lowest BCUT2D eigenvalue weighted by Crippen LogP contribution is -2.16. The fourth-order valence-electron chi connectivity index (χ4n) is 5.43. The Morgan fingerprint density at radius 2 is 0.909 bits per heavy atom. The van der Waals surface area contributed by atoms with Gasteiger partial charge < -0.3 is 0 Å². The third-order valence-electron chi connectivity index (χ3n) is 8.11. The first-order valence-corrected chi connectivity index (χ1v) is 15.3. The van der Waals surface area contributed by atoms with Crippen LogP contribution in [0.4, 0.5) is 0 Å². The lowest BCUT2D eigenvalue weighted by molar-refractivity contribution is 0.569. The van der Waals surface area contributed by atoms with Gasteiger partial charge in [0.05, 0.1) is 23.3 Å². The number of aromatic nitrogens is 3. The highest BCUT2D eigenvalue weighted by molar-refractivity contribution is 5.80. The van der Waals surface area contributed by atoms with Gasteiger partial charge in [-0.05, 0) is 68.5 Å². The summed E-state index contributed by atoms with van der Waals surface area (Å²) in [7, 11) is 0. The molecule has 0 aliphatic heterocycles. The van der Waals surface area contributed by atoms with E-state index in [-0.39, 0.29) is 10.8 Å². The Morgan fingerprint density at radius 3 is 1.45 bits per heavy atom. The largest absolute Gasteiger partial charge is 0.261 e. The molecule has 0 saturated carbocycles. The molecule has 0 bridgehead atoms. The number of pyridine rings is 1. The van der Waals surface area contributed by atoms with E-state index in [1.807, 2.05) is 0 Å². The van der Waals surface area contributed by atoms with Crippen LogP contribution >= 0.6 is 0 Å². The predicted octanol–water partition coefficient (Wildman–Crippen LogP) is 10.8. The highest BCUT2D eigenvalue weighted by Gasteiger charge is 2.21. The molecule has 2 heterocycles. The molecule has 2 aromatic heterocycles. The Labute approximate surface area is 261 Å². The van der Waals surface area contributed by atoms with E-state index in [2.05, 4.69) is 161 Å². The van der Waals surface area contributed by atoms with E-state index >= 15 is 0 Å². The average molecular weight is 574 g/mol. The van der Waals surface area contributed by atoms with Gasteiger partial charge in [-0.3, -0.25) is 9.97 Å². The topological polar surface area (TPSA) is 38.7 Å². The van der Waals surface area contributed by atoms with Crippen LogP contribution in [-0.4, -0.2) is 15.0 Å². The summed E-state index contributed by atoms with van der Waals surface area (Å²) in [6, 6.07) is 39.2. The Kier molecular flexibility index (Phi) is 7.73. The van der Waals surface area contributed by atoms with E-state index in [4.69, 9.17) is 4.98 Å². The summed E-state index contributed by atoms with van der Waals surface area (Å²) < 4.78 is 0. The second-order valence-corrected chi connectivity index (χ2v) is 13.5. The Bertz CT molecular complexity index is 1880. The molecule has 3 nitrogen and oxygen atoms in total. The summed E-state index contributed by atoms with van der Waals surface area (Å²) in [5.41, 5.74) is 13.4. The van der Waals surface area contributed by atoms with E-state index in [1.165, 1.54) is 22.3 Å². The van der Waals surface area contributed by atoms with Crippen molar-refractivity contribution in [1.29, 1.82) is 0 Å². The Balaban J connectivity index is 1.49. The molecule has 0 spiro atoms. The van der Waals surface area contributed by atoms with Crippen LogP contribution in [0.25, 0.3) is 56.0 Å². The molecule has 0 saturated heterocycles. The number of rotatable bonds is 5. The van der Waals surface area contributed by atoms with Gasteiger partial charge in [0, 0.05) is 29.1 Å². The maximum absolute atomic E-state index is 5.25. The van der Waals surface area contributed by atoms with Crippen molar-refractivity contribution in [2.75, 3.05) is 0 Å². The zero-order valence-corrected chi connectivity index (χ0v) is 26.5. The average Bonchev–Trinajstić information content (AvgIpc) is 3.04. The zero-order chi connectivity index (χ0) is 30.9. The molecular weight excluding hydrogens is 534 g/mol. The smallest absolute Gasteiger partial charge is 0.0885 e. The molecule has 6 rings (SSSR count). The lowest BCUT2D eigenvalue weighted by Gasteiger charge is -2.26. The van der Waals surface area contributed by atoms with Crippen LogP contribution in [0.2, 0.25) is 0 Å². The van der Waals surface area contributed by atoms with Crippen LogP contribution in [0.3, 0.4) is 0 Å². The Morgan fingerprint density at radius 1 is 0.409 bits per heavy atom. The molecule has 44 heavy (non-hydrogen) atoms. The van der Waals surface area contributed by atoms with Crippen molar-refractivity contribution in [2.45, 2.75) is 52.4 Å². The molecule has 4 aromatic carbocycles. The summed E-state index contributed by atoms with van der Waals surface area (Å²) in [6.45, 7) is 13.7. The van der Waals surface area contributed by atoms with Gasteiger partial charge in [0.25, 0.3) is 0 Å². The first-order chi connectivity index (χ1) is 21.0. The van der Waals surface area contributed by atoms with Crippen molar-refractivity contribution in [1.82, 2.24) is 15.0 Å². The first kappa shape index (κ1) is 29.2. The number of nitrogens with zero attached hydrogens (tertiary/aromatic N) is 3. The second-order valence-electron chi connectivity index (χ2n) is 13.5. The van der Waals surface area contributed by atoms with E-state index < -0.39 is 0 Å². The van der Waals surface area contributed by atoms with Gasteiger partial charge >= 0.3 is 0 Å². The van der Waals surface area contributed by atoms with Gasteiger partial charge in [-0.15, -0.1) is 0 Å².